The van der Waals surface area contributed by atoms with Gasteiger partial charge in [0, 0.05) is 11.1 Å². The fourth-order valence-electron chi connectivity index (χ4n) is 2.64. The number of hydrogen-bond donors (Lipinski definition) is 0. The zero-order valence-corrected chi connectivity index (χ0v) is 12.3. The van der Waals surface area contributed by atoms with Gasteiger partial charge >= 0.3 is 0 Å². The second-order valence-electron chi connectivity index (χ2n) is 5.31. The molecule has 0 radical (unpaired) electrons. The molecule has 0 aliphatic heterocycles. The van der Waals surface area contributed by atoms with Crippen molar-refractivity contribution >= 4 is 10.9 Å². The number of aryl methyl sites for hydroxylation is 1. The number of benzene rings is 2. The van der Waals surface area contributed by atoms with Crippen LogP contribution in [0.3, 0.4) is 0 Å². The third-order valence-corrected chi connectivity index (χ3v) is 3.75. The van der Waals surface area contributed by atoms with Gasteiger partial charge in [0.05, 0.1) is 16.9 Å². The third-order valence-electron chi connectivity index (χ3n) is 3.75. The molecule has 0 aliphatic carbocycles. The Labute approximate surface area is 128 Å². The van der Waals surface area contributed by atoms with Crippen molar-refractivity contribution in [2.45, 2.75) is 6.92 Å². The van der Waals surface area contributed by atoms with Crippen molar-refractivity contribution in [3.8, 4) is 17.1 Å². The molecule has 2 aromatic carbocycles. The first-order valence-corrected chi connectivity index (χ1v) is 7.29. The lowest BCUT2D eigenvalue weighted by Crippen LogP contribution is -1.98. The minimum Gasteiger partial charge on any atom is -0.246 e. The van der Waals surface area contributed by atoms with Gasteiger partial charge in [-0.25, -0.2) is 9.67 Å². The first-order valence-electron chi connectivity index (χ1n) is 7.29. The average molecular weight is 285 g/mol. The molecule has 0 unspecified atom stereocenters. The molecule has 22 heavy (non-hydrogen) atoms. The van der Waals surface area contributed by atoms with Crippen LogP contribution in [0.1, 0.15) is 5.69 Å². The number of aromatic nitrogens is 3. The fourth-order valence-corrected chi connectivity index (χ4v) is 2.64. The van der Waals surface area contributed by atoms with Crippen molar-refractivity contribution in [1.82, 2.24) is 14.8 Å². The monoisotopic (exact) mass is 285 g/mol. The van der Waals surface area contributed by atoms with Gasteiger partial charge in [-0.1, -0.05) is 42.5 Å². The van der Waals surface area contributed by atoms with Crippen LogP contribution < -0.4 is 0 Å². The van der Waals surface area contributed by atoms with E-state index in [1.807, 2.05) is 47.1 Å². The Morgan fingerprint density at radius 2 is 1.55 bits per heavy atom. The summed E-state index contributed by atoms with van der Waals surface area (Å²) in [7, 11) is 0. The van der Waals surface area contributed by atoms with E-state index in [9.17, 15) is 0 Å². The lowest BCUT2D eigenvalue weighted by atomic mass is 10.2. The Balaban J connectivity index is 1.82. The predicted molar refractivity (Wildman–Crippen MR) is 89.0 cm³/mol. The molecule has 0 saturated heterocycles. The minimum absolute atomic E-state index is 0.895. The quantitative estimate of drug-likeness (QED) is 0.546. The van der Waals surface area contributed by atoms with Crippen LogP contribution in [0.5, 0.6) is 0 Å². The first kappa shape index (κ1) is 12.8. The van der Waals surface area contributed by atoms with Crippen LogP contribution in [0.4, 0.5) is 0 Å². The van der Waals surface area contributed by atoms with E-state index < -0.39 is 0 Å². The average Bonchev–Trinajstić information content (AvgIpc) is 2.97. The zero-order valence-electron chi connectivity index (χ0n) is 12.3. The summed E-state index contributed by atoms with van der Waals surface area (Å²) in [6, 6.07) is 24.5. The number of pyridine rings is 1. The SMILES string of the molecule is Cc1cc(-c2ccc3ccccc3n2)nn1-c1ccccc1. The van der Waals surface area contributed by atoms with Crippen LogP contribution >= 0.6 is 0 Å². The highest BCUT2D eigenvalue weighted by Crippen LogP contribution is 2.22. The smallest absolute Gasteiger partial charge is 0.111 e. The Kier molecular flexibility index (Phi) is 2.97. The maximum atomic E-state index is 4.72. The third kappa shape index (κ3) is 2.17. The van der Waals surface area contributed by atoms with Crippen molar-refractivity contribution in [2.75, 3.05) is 0 Å². The Morgan fingerprint density at radius 1 is 0.773 bits per heavy atom. The van der Waals surface area contributed by atoms with Crippen molar-refractivity contribution in [2.24, 2.45) is 0 Å². The number of nitrogens with zero attached hydrogens (tertiary/aromatic N) is 3. The maximum absolute atomic E-state index is 4.72. The molecule has 0 aliphatic rings. The molecule has 3 nitrogen and oxygen atoms in total. The summed E-state index contributed by atoms with van der Waals surface area (Å²) in [4.78, 5) is 4.72. The van der Waals surface area contributed by atoms with Gasteiger partial charge in [-0.05, 0) is 37.3 Å². The van der Waals surface area contributed by atoms with E-state index in [0.717, 1.165) is 33.7 Å². The summed E-state index contributed by atoms with van der Waals surface area (Å²) in [6.07, 6.45) is 0. The number of para-hydroxylation sites is 2. The second kappa shape index (κ2) is 5.11. The van der Waals surface area contributed by atoms with Gasteiger partial charge in [-0.2, -0.15) is 5.10 Å². The van der Waals surface area contributed by atoms with Crippen LogP contribution in [0.2, 0.25) is 0 Å². The highest BCUT2D eigenvalue weighted by molar-refractivity contribution is 5.81. The summed E-state index contributed by atoms with van der Waals surface area (Å²) < 4.78 is 1.95. The zero-order chi connectivity index (χ0) is 14.9. The molecule has 3 heteroatoms. The van der Waals surface area contributed by atoms with Crippen LogP contribution in [0.15, 0.2) is 72.8 Å². The first-order chi connectivity index (χ1) is 10.8. The van der Waals surface area contributed by atoms with E-state index in [2.05, 4.69) is 37.3 Å². The molecule has 0 amide bonds. The molecule has 0 N–H and O–H groups in total. The summed E-state index contributed by atoms with van der Waals surface area (Å²) in [6.45, 7) is 2.06. The van der Waals surface area contributed by atoms with Crippen molar-refractivity contribution in [3.05, 3.63) is 78.5 Å². The van der Waals surface area contributed by atoms with E-state index in [1.54, 1.807) is 0 Å². The van der Waals surface area contributed by atoms with Gasteiger partial charge in [0.25, 0.3) is 0 Å². The summed E-state index contributed by atoms with van der Waals surface area (Å²) in [5, 5.41) is 5.86. The lowest BCUT2D eigenvalue weighted by Gasteiger charge is -2.03. The molecule has 4 rings (SSSR count). The molecule has 0 saturated carbocycles. The summed E-state index contributed by atoms with van der Waals surface area (Å²) in [5.74, 6) is 0. The molecule has 0 atom stereocenters. The van der Waals surface area contributed by atoms with Crippen molar-refractivity contribution < 1.29 is 0 Å². The van der Waals surface area contributed by atoms with Gasteiger partial charge in [0.1, 0.15) is 5.69 Å². The normalized spacial score (nSPS) is 11.0. The van der Waals surface area contributed by atoms with Crippen LogP contribution in [-0.2, 0) is 0 Å². The van der Waals surface area contributed by atoms with Gasteiger partial charge in [0.15, 0.2) is 0 Å². The van der Waals surface area contributed by atoms with Gasteiger partial charge in [0.2, 0.25) is 0 Å². The standard InChI is InChI=1S/C19H15N3/c1-14-13-19(21-22(14)16-8-3-2-4-9-16)18-12-11-15-7-5-6-10-17(15)20-18/h2-13H,1H3. The molecule has 2 aromatic heterocycles. The maximum Gasteiger partial charge on any atom is 0.111 e. The van der Waals surface area contributed by atoms with Crippen LogP contribution in [0, 0.1) is 6.92 Å². The van der Waals surface area contributed by atoms with E-state index >= 15 is 0 Å². The molecular formula is C19H15N3. The van der Waals surface area contributed by atoms with Gasteiger partial charge in [-0.3, -0.25) is 0 Å². The van der Waals surface area contributed by atoms with Crippen molar-refractivity contribution in [3.63, 3.8) is 0 Å². The molecule has 0 spiro atoms. The van der Waals surface area contributed by atoms with E-state index in [-0.39, 0.29) is 0 Å². The van der Waals surface area contributed by atoms with Crippen molar-refractivity contribution in [1.29, 1.82) is 0 Å². The highest BCUT2D eigenvalue weighted by atomic mass is 15.3. The van der Waals surface area contributed by atoms with E-state index in [1.165, 1.54) is 0 Å². The molecule has 0 fully saturated rings. The molecule has 4 aromatic rings. The topological polar surface area (TPSA) is 30.7 Å². The van der Waals surface area contributed by atoms with Gasteiger partial charge in [-0.15, -0.1) is 0 Å². The highest BCUT2D eigenvalue weighted by Gasteiger charge is 2.09. The summed E-state index contributed by atoms with van der Waals surface area (Å²) in [5.41, 5.74) is 4.94. The Morgan fingerprint density at radius 3 is 2.41 bits per heavy atom. The van der Waals surface area contributed by atoms with E-state index in [4.69, 9.17) is 10.1 Å². The Hall–Kier alpha value is -2.94. The largest absolute Gasteiger partial charge is 0.246 e. The second-order valence-corrected chi connectivity index (χ2v) is 5.31. The van der Waals surface area contributed by atoms with Gasteiger partial charge < -0.3 is 0 Å². The fraction of sp³-hybridized carbons (Fsp3) is 0.0526. The lowest BCUT2D eigenvalue weighted by molar-refractivity contribution is 0.849. The number of rotatable bonds is 2. The van der Waals surface area contributed by atoms with Crippen LogP contribution in [-0.4, -0.2) is 14.8 Å². The predicted octanol–water partition coefficient (Wildman–Crippen LogP) is 4.40. The Bertz CT molecular complexity index is 939. The molecule has 2 heterocycles. The van der Waals surface area contributed by atoms with E-state index in [0.29, 0.717) is 0 Å². The molecule has 106 valence electrons. The number of fused-ring (bicyclic) bond motifs is 1. The molecular weight excluding hydrogens is 270 g/mol. The summed E-state index contributed by atoms with van der Waals surface area (Å²) >= 11 is 0. The minimum atomic E-state index is 0.895. The van der Waals surface area contributed by atoms with Crippen LogP contribution in [0.25, 0.3) is 28.0 Å². The molecule has 0 bridgehead atoms. The number of hydrogen-bond acceptors (Lipinski definition) is 2.